The van der Waals surface area contributed by atoms with E-state index >= 15 is 0 Å². The molecular weight excluding hydrogens is 282 g/mol. The largest absolute Gasteiger partial charge is 0.398 e. The van der Waals surface area contributed by atoms with Crippen LogP contribution in [0.1, 0.15) is 43.0 Å². The summed E-state index contributed by atoms with van der Waals surface area (Å²) in [5.41, 5.74) is 8.94. The lowest BCUT2D eigenvalue weighted by Gasteiger charge is -2.04. The van der Waals surface area contributed by atoms with Gasteiger partial charge in [0.1, 0.15) is 5.01 Å². The van der Waals surface area contributed by atoms with Crippen LogP contribution < -0.4 is 5.73 Å². The van der Waals surface area contributed by atoms with Crippen molar-refractivity contribution in [2.45, 2.75) is 38.5 Å². The van der Waals surface area contributed by atoms with Crippen molar-refractivity contribution in [2.75, 3.05) is 5.73 Å². The molecular formula is C15H17N5S. The van der Waals surface area contributed by atoms with Crippen LogP contribution in [-0.4, -0.2) is 19.8 Å². The highest BCUT2D eigenvalue weighted by Crippen LogP contribution is 2.35. The van der Waals surface area contributed by atoms with Crippen LogP contribution in [-0.2, 0) is 0 Å². The van der Waals surface area contributed by atoms with E-state index in [4.69, 9.17) is 10.8 Å². The maximum absolute atomic E-state index is 6.00. The molecule has 0 radical (unpaired) electrons. The Morgan fingerprint density at radius 2 is 2.05 bits per heavy atom. The molecule has 0 unspecified atom stereocenters. The van der Waals surface area contributed by atoms with E-state index in [1.54, 1.807) is 11.3 Å². The van der Waals surface area contributed by atoms with Gasteiger partial charge in [0.25, 0.3) is 0 Å². The highest BCUT2D eigenvalue weighted by molar-refractivity contribution is 7.19. The topological polar surface area (TPSA) is 69.1 Å². The molecule has 1 aliphatic carbocycles. The summed E-state index contributed by atoms with van der Waals surface area (Å²) >= 11 is 1.57. The molecule has 0 saturated heterocycles. The minimum Gasteiger partial charge on any atom is -0.398 e. The molecule has 2 heterocycles. The highest BCUT2D eigenvalue weighted by atomic mass is 32.1. The van der Waals surface area contributed by atoms with Crippen molar-refractivity contribution in [2.24, 2.45) is 0 Å². The standard InChI is InChI=1S/C15H17N5S/c1-9-6-7-11(8-12(9)16)14-19-20-13(10-4-2-3-5-10)17-18-15(20)21-14/h6-8,10H,2-5,16H2,1H3. The summed E-state index contributed by atoms with van der Waals surface area (Å²) in [4.78, 5) is 0.867. The Morgan fingerprint density at radius 3 is 2.81 bits per heavy atom. The fraction of sp³-hybridized carbons (Fsp3) is 0.400. The molecule has 0 atom stereocenters. The molecule has 1 aromatic carbocycles. The van der Waals surface area contributed by atoms with Crippen molar-refractivity contribution in [3.05, 3.63) is 29.6 Å². The number of nitrogen functional groups attached to an aromatic ring is 1. The number of fused-ring (bicyclic) bond motifs is 1. The lowest BCUT2D eigenvalue weighted by molar-refractivity contribution is 0.641. The molecule has 1 fully saturated rings. The van der Waals surface area contributed by atoms with E-state index < -0.39 is 0 Å². The highest BCUT2D eigenvalue weighted by Gasteiger charge is 2.24. The summed E-state index contributed by atoms with van der Waals surface area (Å²) in [5.74, 6) is 1.53. The Balaban J connectivity index is 1.78. The van der Waals surface area contributed by atoms with Crippen LogP contribution in [0.15, 0.2) is 18.2 Å². The summed E-state index contributed by atoms with van der Waals surface area (Å²) in [6.07, 6.45) is 4.96. The number of rotatable bonds is 2. The molecule has 5 nitrogen and oxygen atoms in total. The van der Waals surface area contributed by atoms with Gasteiger partial charge in [-0.15, -0.1) is 10.2 Å². The second-order valence-electron chi connectivity index (χ2n) is 5.71. The van der Waals surface area contributed by atoms with Crippen LogP contribution >= 0.6 is 11.3 Å². The van der Waals surface area contributed by atoms with Crippen molar-refractivity contribution >= 4 is 22.0 Å². The van der Waals surface area contributed by atoms with E-state index in [2.05, 4.69) is 16.3 Å². The SMILES string of the molecule is Cc1ccc(-c2nn3c(C4CCCC4)nnc3s2)cc1N. The summed E-state index contributed by atoms with van der Waals surface area (Å²) in [6, 6.07) is 6.08. The third kappa shape index (κ3) is 2.10. The third-order valence-corrected chi connectivity index (χ3v) is 5.21. The summed E-state index contributed by atoms with van der Waals surface area (Å²) in [5, 5.41) is 14.3. The minimum atomic E-state index is 0.512. The van der Waals surface area contributed by atoms with Gasteiger partial charge in [-0.05, 0) is 31.4 Å². The quantitative estimate of drug-likeness (QED) is 0.736. The Kier molecular flexibility index (Phi) is 2.92. The van der Waals surface area contributed by atoms with Crippen LogP contribution in [0.4, 0.5) is 5.69 Å². The molecule has 6 heteroatoms. The lowest BCUT2D eigenvalue weighted by Crippen LogP contribution is -2.01. The van der Waals surface area contributed by atoms with Gasteiger partial charge >= 0.3 is 0 Å². The smallest absolute Gasteiger partial charge is 0.234 e. The fourth-order valence-electron chi connectivity index (χ4n) is 2.96. The number of benzene rings is 1. The predicted octanol–water partition coefficient (Wildman–Crippen LogP) is 3.40. The van der Waals surface area contributed by atoms with Crippen molar-refractivity contribution < 1.29 is 0 Å². The third-order valence-electron chi connectivity index (χ3n) is 4.26. The monoisotopic (exact) mass is 299 g/mol. The molecule has 0 aliphatic heterocycles. The number of hydrogen-bond donors (Lipinski definition) is 1. The molecule has 108 valence electrons. The van der Waals surface area contributed by atoms with E-state index in [1.165, 1.54) is 25.7 Å². The molecule has 0 amide bonds. The van der Waals surface area contributed by atoms with Gasteiger partial charge in [0, 0.05) is 17.2 Å². The van der Waals surface area contributed by atoms with Crippen LogP contribution in [0.3, 0.4) is 0 Å². The zero-order valence-electron chi connectivity index (χ0n) is 11.9. The number of anilines is 1. The molecule has 1 saturated carbocycles. The average molecular weight is 299 g/mol. The van der Waals surface area contributed by atoms with Crippen molar-refractivity contribution in [1.29, 1.82) is 0 Å². The number of nitrogens with zero attached hydrogens (tertiary/aromatic N) is 4. The lowest BCUT2D eigenvalue weighted by atomic mass is 10.1. The first-order valence-electron chi connectivity index (χ1n) is 7.31. The Hall–Kier alpha value is -1.95. The van der Waals surface area contributed by atoms with Gasteiger partial charge in [-0.1, -0.05) is 36.3 Å². The molecule has 2 N–H and O–H groups in total. The van der Waals surface area contributed by atoms with E-state index in [9.17, 15) is 0 Å². The molecule has 4 rings (SSSR count). The van der Waals surface area contributed by atoms with Gasteiger partial charge < -0.3 is 5.73 Å². The van der Waals surface area contributed by atoms with Gasteiger partial charge in [-0.2, -0.15) is 9.61 Å². The molecule has 2 aromatic heterocycles. The van der Waals surface area contributed by atoms with E-state index in [0.29, 0.717) is 5.92 Å². The molecule has 0 bridgehead atoms. The van der Waals surface area contributed by atoms with E-state index in [0.717, 1.165) is 32.6 Å². The first kappa shape index (κ1) is 12.8. The van der Waals surface area contributed by atoms with Crippen molar-refractivity contribution in [3.63, 3.8) is 0 Å². The van der Waals surface area contributed by atoms with Gasteiger partial charge in [0.05, 0.1) is 0 Å². The maximum Gasteiger partial charge on any atom is 0.234 e. The van der Waals surface area contributed by atoms with Gasteiger partial charge in [0.2, 0.25) is 4.96 Å². The Bertz CT molecular complexity index is 798. The number of aryl methyl sites for hydroxylation is 1. The summed E-state index contributed by atoms with van der Waals surface area (Å²) in [7, 11) is 0. The van der Waals surface area contributed by atoms with Crippen LogP contribution in [0.5, 0.6) is 0 Å². The second kappa shape index (κ2) is 4.80. The Labute approximate surface area is 126 Å². The predicted molar refractivity (Wildman–Crippen MR) is 84.5 cm³/mol. The fourth-order valence-corrected chi connectivity index (χ4v) is 3.80. The van der Waals surface area contributed by atoms with Crippen molar-refractivity contribution in [1.82, 2.24) is 19.8 Å². The first-order chi connectivity index (χ1) is 10.2. The second-order valence-corrected chi connectivity index (χ2v) is 6.67. The van der Waals surface area contributed by atoms with Crippen LogP contribution in [0, 0.1) is 6.92 Å². The Morgan fingerprint density at radius 1 is 1.24 bits per heavy atom. The minimum absolute atomic E-state index is 0.512. The molecule has 0 spiro atoms. The molecule has 3 aromatic rings. The average Bonchev–Trinajstić information content (AvgIpc) is 3.16. The van der Waals surface area contributed by atoms with Gasteiger partial charge in [-0.3, -0.25) is 0 Å². The molecule has 1 aliphatic rings. The zero-order chi connectivity index (χ0) is 14.4. The van der Waals surface area contributed by atoms with Crippen LogP contribution in [0.2, 0.25) is 0 Å². The first-order valence-corrected chi connectivity index (χ1v) is 8.12. The number of aromatic nitrogens is 4. The normalized spacial score (nSPS) is 16.0. The maximum atomic E-state index is 6.00. The van der Waals surface area contributed by atoms with Crippen molar-refractivity contribution in [3.8, 4) is 10.6 Å². The van der Waals surface area contributed by atoms with E-state index in [-0.39, 0.29) is 0 Å². The van der Waals surface area contributed by atoms with Crippen LogP contribution in [0.25, 0.3) is 15.5 Å². The van der Waals surface area contributed by atoms with Gasteiger partial charge in [-0.25, -0.2) is 0 Å². The number of nitrogens with two attached hydrogens (primary N) is 1. The number of hydrogen-bond acceptors (Lipinski definition) is 5. The van der Waals surface area contributed by atoms with Gasteiger partial charge in [0.15, 0.2) is 5.82 Å². The molecule has 21 heavy (non-hydrogen) atoms. The summed E-state index contributed by atoms with van der Waals surface area (Å²) in [6.45, 7) is 2.01. The summed E-state index contributed by atoms with van der Waals surface area (Å²) < 4.78 is 1.92. The zero-order valence-corrected chi connectivity index (χ0v) is 12.7. The van der Waals surface area contributed by atoms with E-state index in [1.807, 2.05) is 23.6 Å².